The fourth-order valence-electron chi connectivity index (χ4n) is 3.71. The summed E-state index contributed by atoms with van der Waals surface area (Å²) in [5.41, 5.74) is 2.56. The minimum Gasteiger partial charge on any atom is -0.308 e. The molecule has 0 radical (unpaired) electrons. The summed E-state index contributed by atoms with van der Waals surface area (Å²) in [6.45, 7) is 1.36. The number of fused-ring (bicyclic) bond motifs is 1. The largest absolute Gasteiger partial charge is 0.308 e. The van der Waals surface area contributed by atoms with E-state index in [2.05, 4.69) is 28.2 Å². The van der Waals surface area contributed by atoms with Crippen molar-refractivity contribution in [2.24, 2.45) is 5.92 Å². The highest BCUT2D eigenvalue weighted by molar-refractivity contribution is 7.89. The fourth-order valence-corrected chi connectivity index (χ4v) is 5.20. The quantitative estimate of drug-likeness (QED) is 0.850. The molecule has 2 N–H and O–H groups in total. The van der Waals surface area contributed by atoms with Crippen LogP contribution in [0.1, 0.15) is 49.3 Å². The van der Waals surface area contributed by atoms with Gasteiger partial charge in [0, 0.05) is 12.6 Å². The van der Waals surface area contributed by atoms with E-state index in [9.17, 15) is 8.42 Å². The standard InChI is InChI=1S/C17H26N2O2S.ClH/c20-22(21,13-14-6-2-1-3-7-14)19-12-17-16-9-5-4-8-15(16)10-11-18-17;/h4-5,8-9,14,17-19H,1-3,6-7,10-13H2;1H. The molecule has 0 bridgehead atoms. The topological polar surface area (TPSA) is 58.2 Å². The number of hydrogen-bond donors (Lipinski definition) is 2. The smallest absolute Gasteiger partial charge is 0.211 e. The van der Waals surface area contributed by atoms with E-state index in [1.54, 1.807) is 0 Å². The van der Waals surface area contributed by atoms with Crippen molar-refractivity contribution in [2.45, 2.75) is 44.6 Å². The van der Waals surface area contributed by atoms with Crippen molar-refractivity contribution in [3.63, 3.8) is 0 Å². The van der Waals surface area contributed by atoms with Gasteiger partial charge in [0.15, 0.2) is 0 Å². The molecule has 6 heteroatoms. The molecule has 1 heterocycles. The Hall–Kier alpha value is -0.620. The Morgan fingerprint density at radius 2 is 1.87 bits per heavy atom. The third-order valence-electron chi connectivity index (χ3n) is 4.90. The fraction of sp³-hybridized carbons (Fsp3) is 0.647. The average molecular weight is 359 g/mol. The van der Waals surface area contributed by atoms with Crippen LogP contribution in [0.15, 0.2) is 24.3 Å². The minimum absolute atomic E-state index is 0. The van der Waals surface area contributed by atoms with E-state index >= 15 is 0 Å². The van der Waals surface area contributed by atoms with Crippen LogP contribution >= 0.6 is 12.4 Å². The maximum absolute atomic E-state index is 12.3. The van der Waals surface area contributed by atoms with Crippen LogP contribution in [0.2, 0.25) is 0 Å². The predicted molar refractivity (Wildman–Crippen MR) is 96.5 cm³/mol. The molecule has 1 aromatic rings. The van der Waals surface area contributed by atoms with Crippen LogP contribution < -0.4 is 10.0 Å². The molecule has 3 rings (SSSR count). The molecule has 1 aliphatic carbocycles. The monoisotopic (exact) mass is 358 g/mol. The minimum atomic E-state index is -3.17. The summed E-state index contributed by atoms with van der Waals surface area (Å²) in [4.78, 5) is 0. The summed E-state index contributed by atoms with van der Waals surface area (Å²) >= 11 is 0. The van der Waals surface area contributed by atoms with Crippen LogP contribution in [0.25, 0.3) is 0 Å². The second-order valence-electron chi connectivity index (χ2n) is 6.59. The molecule has 0 aromatic heterocycles. The Bertz CT molecular complexity index is 600. The van der Waals surface area contributed by atoms with E-state index in [1.807, 2.05) is 6.07 Å². The first-order valence-corrected chi connectivity index (χ1v) is 10.1. The molecule has 0 spiro atoms. The van der Waals surface area contributed by atoms with Gasteiger partial charge in [0.25, 0.3) is 0 Å². The van der Waals surface area contributed by atoms with Crippen LogP contribution in [-0.4, -0.2) is 27.3 Å². The van der Waals surface area contributed by atoms with Crippen molar-refractivity contribution in [2.75, 3.05) is 18.8 Å². The van der Waals surface area contributed by atoms with Gasteiger partial charge in [-0.15, -0.1) is 12.4 Å². The molecule has 23 heavy (non-hydrogen) atoms. The van der Waals surface area contributed by atoms with Gasteiger partial charge in [-0.3, -0.25) is 0 Å². The lowest BCUT2D eigenvalue weighted by molar-refractivity contribution is 0.383. The average Bonchev–Trinajstić information content (AvgIpc) is 2.53. The summed E-state index contributed by atoms with van der Waals surface area (Å²) in [5, 5.41) is 3.42. The zero-order valence-electron chi connectivity index (χ0n) is 13.5. The number of rotatable bonds is 5. The van der Waals surface area contributed by atoms with E-state index < -0.39 is 10.0 Å². The third kappa shape index (κ3) is 5.18. The zero-order chi connectivity index (χ0) is 15.4. The van der Waals surface area contributed by atoms with Gasteiger partial charge in [-0.25, -0.2) is 13.1 Å². The molecule has 4 nitrogen and oxygen atoms in total. The molecule has 0 amide bonds. The van der Waals surface area contributed by atoms with Crippen molar-refractivity contribution in [3.8, 4) is 0 Å². The van der Waals surface area contributed by atoms with Gasteiger partial charge in [-0.05, 0) is 42.9 Å². The third-order valence-corrected chi connectivity index (χ3v) is 6.42. The van der Waals surface area contributed by atoms with E-state index in [0.29, 0.717) is 18.2 Å². The first-order valence-electron chi connectivity index (χ1n) is 8.42. The molecule has 1 unspecified atom stereocenters. The SMILES string of the molecule is Cl.O=S(=O)(CC1CCCCC1)NCC1NCCc2ccccc21. The Morgan fingerprint density at radius 3 is 2.65 bits per heavy atom. The van der Waals surface area contributed by atoms with Gasteiger partial charge in [-0.1, -0.05) is 43.5 Å². The van der Waals surface area contributed by atoms with Crippen LogP contribution in [0.4, 0.5) is 0 Å². The van der Waals surface area contributed by atoms with E-state index in [4.69, 9.17) is 0 Å². The summed E-state index contributed by atoms with van der Waals surface area (Å²) < 4.78 is 27.5. The number of benzene rings is 1. The first-order chi connectivity index (χ1) is 10.6. The Kier molecular flexibility index (Phi) is 6.89. The lowest BCUT2D eigenvalue weighted by Gasteiger charge is -2.27. The van der Waals surface area contributed by atoms with Gasteiger partial charge in [-0.2, -0.15) is 0 Å². The lowest BCUT2D eigenvalue weighted by atomic mass is 9.91. The van der Waals surface area contributed by atoms with Crippen LogP contribution in [0, 0.1) is 5.92 Å². The van der Waals surface area contributed by atoms with Gasteiger partial charge in [0.2, 0.25) is 10.0 Å². The second kappa shape index (κ2) is 8.47. The maximum atomic E-state index is 12.3. The lowest BCUT2D eigenvalue weighted by Crippen LogP contribution is -2.40. The number of hydrogen-bond acceptors (Lipinski definition) is 3. The second-order valence-corrected chi connectivity index (χ2v) is 8.44. The van der Waals surface area contributed by atoms with E-state index in [1.165, 1.54) is 30.4 Å². The highest BCUT2D eigenvalue weighted by atomic mass is 35.5. The normalized spacial score (nSPS) is 22.2. The number of sulfonamides is 1. The van der Waals surface area contributed by atoms with Crippen LogP contribution in [0.5, 0.6) is 0 Å². The number of halogens is 1. The van der Waals surface area contributed by atoms with E-state index in [-0.39, 0.29) is 18.4 Å². The highest BCUT2D eigenvalue weighted by Gasteiger charge is 2.24. The zero-order valence-corrected chi connectivity index (χ0v) is 15.1. The van der Waals surface area contributed by atoms with Gasteiger partial charge in [0.1, 0.15) is 0 Å². The summed E-state index contributed by atoms with van der Waals surface area (Å²) in [7, 11) is -3.17. The molecule has 1 aliphatic heterocycles. The Balaban J connectivity index is 0.00000192. The van der Waals surface area contributed by atoms with Gasteiger partial charge in [0.05, 0.1) is 5.75 Å². The molecule has 1 aromatic carbocycles. The van der Waals surface area contributed by atoms with Crippen LogP contribution in [-0.2, 0) is 16.4 Å². The van der Waals surface area contributed by atoms with Crippen molar-refractivity contribution < 1.29 is 8.42 Å². The van der Waals surface area contributed by atoms with Crippen molar-refractivity contribution in [1.29, 1.82) is 0 Å². The van der Waals surface area contributed by atoms with Crippen molar-refractivity contribution >= 4 is 22.4 Å². The predicted octanol–water partition coefficient (Wildman–Crippen LogP) is 2.79. The number of nitrogens with one attached hydrogen (secondary N) is 2. The van der Waals surface area contributed by atoms with Gasteiger partial charge >= 0.3 is 0 Å². The molecule has 1 fully saturated rings. The molecule has 2 aliphatic rings. The molecule has 1 atom stereocenters. The highest BCUT2D eigenvalue weighted by Crippen LogP contribution is 2.25. The first kappa shape index (κ1) is 18.7. The van der Waals surface area contributed by atoms with Crippen LogP contribution in [0.3, 0.4) is 0 Å². The maximum Gasteiger partial charge on any atom is 0.211 e. The summed E-state index contributed by atoms with van der Waals surface area (Å²) in [5.74, 6) is 0.638. The Morgan fingerprint density at radius 1 is 1.13 bits per heavy atom. The molecular weight excluding hydrogens is 332 g/mol. The summed E-state index contributed by atoms with van der Waals surface area (Å²) in [6, 6.07) is 8.40. The van der Waals surface area contributed by atoms with Crippen molar-refractivity contribution in [3.05, 3.63) is 35.4 Å². The molecule has 130 valence electrons. The molecule has 0 saturated heterocycles. The van der Waals surface area contributed by atoms with Crippen molar-refractivity contribution in [1.82, 2.24) is 10.0 Å². The van der Waals surface area contributed by atoms with Gasteiger partial charge < -0.3 is 5.32 Å². The molecule has 1 saturated carbocycles. The Labute approximate surface area is 145 Å². The molecular formula is C17H27ClN2O2S. The summed E-state index contributed by atoms with van der Waals surface area (Å²) in [6.07, 6.45) is 6.75. The van der Waals surface area contributed by atoms with E-state index in [0.717, 1.165) is 25.8 Å².